The van der Waals surface area contributed by atoms with Crippen LogP contribution in [0.3, 0.4) is 0 Å². The fourth-order valence-electron chi connectivity index (χ4n) is 1.63. The maximum atomic E-state index is 11.3. The van der Waals surface area contributed by atoms with E-state index in [0.717, 1.165) is 6.26 Å². The van der Waals surface area contributed by atoms with Crippen molar-refractivity contribution in [3.63, 3.8) is 0 Å². The van der Waals surface area contributed by atoms with E-state index in [1.807, 2.05) is 0 Å². The van der Waals surface area contributed by atoms with Gasteiger partial charge in [-0.3, -0.25) is 0 Å². The van der Waals surface area contributed by atoms with Crippen LogP contribution in [0.25, 0.3) is 0 Å². The van der Waals surface area contributed by atoms with Gasteiger partial charge < -0.3 is 5.32 Å². The van der Waals surface area contributed by atoms with Crippen LogP contribution in [-0.4, -0.2) is 19.7 Å². The predicted molar refractivity (Wildman–Crippen MR) is 86.1 cm³/mol. The number of rotatable bonds is 4. The van der Waals surface area contributed by atoms with Crippen LogP contribution in [0.2, 0.25) is 15.1 Å². The van der Waals surface area contributed by atoms with Gasteiger partial charge in [0.1, 0.15) is 0 Å². The summed E-state index contributed by atoms with van der Waals surface area (Å²) in [5, 5.41) is 4.39. The molecule has 0 radical (unpaired) electrons. The second-order valence-corrected chi connectivity index (χ2v) is 7.49. The summed E-state index contributed by atoms with van der Waals surface area (Å²) in [7, 11) is -3.30. The Morgan fingerprint density at radius 2 is 1.76 bits per heavy atom. The van der Waals surface area contributed by atoms with Crippen LogP contribution < -0.4 is 5.32 Å². The molecule has 0 bridgehead atoms. The van der Waals surface area contributed by atoms with Gasteiger partial charge in [0.15, 0.2) is 14.9 Å². The Morgan fingerprint density at radius 1 is 1.10 bits per heavy atom. The molecule has 0 saturated heterocycles. The highest BCUT2D eigenvalue weighted by Gasteiger charge is 2.11. The van der Waals surface area contributed by atoms with Crippen LogP contribution in [0.15, 0.2) is 35.5 Å². The van der Waals surface area contributed by atoms with E-state index in [2.05, 4.69) is 10.3 Å². The molecule has 2 rings (SSSR count). The van der Waals surface area contributed by atoms with Crippen molar-refractivity contribution >= 4 is 50.3 Å². The quantitative estimate of drug-likeness (QED) is 0.830. The SMILES string of the molecule is CS(=O)(=O)c1ccc(NCc2c(Cl)ccc(Cl)c2Cl)cn1. The van der Waals surface area contributed by atoms with Crippen molar-refractivity contribution in [3.8, 4) is 0 Å². The van der Waals surface area contributed by atoms with Crippen LogP contribution in [0.1, 0.15) is 5.56 Å². The molecule has 0 fully saturated rings. The van der Waals surface area contributed by atoms with Crippen LogP contribution in [0, 0.1) is 0 Å². The first-order chi connectivity index (χ1) is 9.79. The molecule has 1 heterocycles. The largest absolute Gasteiger partial charge is 0.380 e. The van der Waals surface area contributed by atoms with E-state index in [0.29, 0.717) is 32.9 Å². The van der Waals surface area contributed by atoms with Crippen LogP contribution in [-0.2, 0) is 16.4 Å². The normalized spacial score (nSPS) is 11.4. The standard InChI is InChI=1S/C13H11Cl3N2O2S/c1-21(19,20)12-5-2-8(6-18-12)17-7-9-10(14)3-4-11(15)13(9)16/h2-6,17H,7H2,1H3. The maximum absolute atomic E-state index is 11.3. The van der Waals surface area contributed by atoms with E-state index in [4.69, 9.17) is 34.8 Å². The number of hydrogen-bond donors (Lipinski definition) is 1. The lowest BCUT2D eigenvalue weighted by molar-refractivity contribution is 0.598. The number of benzene rings is 1. The van der Waals surface area contributed by atoms with Crippen molar-refractivity contribution in [3.05, 3.63) is 51.1 Å². The zero-order chi connectivity index (χ0) is 15.6. The van der Waals surface area contributed by atoms with Gasteiger partial charge in [-0.05, 0) is 24.3 Å². The average molecular weight is 366 g/mol. The fraction of sp³-hybridized carbons (Fsp3) is 0.154. The van der Waals surface area contributed by atoms with Crippen molar-refractivity contribution in [2.75, 3.05) is 11.6 Å². The third-order valence-electron chi connectivity index (χ3n) is 2.72. The Hall–Kier alpha value is -1.01. The Bertz CT molecular complexity index is 762. The Kier molecular flexibility index (Phi) is 4.99. The zero-order valence-corrected chi connectivity index (χ0v) is 14.0. The van der Waals surface area contributed by atoms with Crippen molar-refractivity contribution in [2.24, 2.45) is 0 Å². The lowest BCUT2D eigenvalue weighted by atomic mass is 10.2. The highest BCUT2D eigenvalue weighted by Crippen LogP contribution is 2.31. The summed E-state index contributed by atoms with van der Waals surface area (Å²) in [6, 6.07) is 6.34. The van der Waals surface area contributed by atoms with E-state index in [1.165, 1.54) is 12.3 Å². The Morgan fingerprint density at radius 3 is 2.33 bits per heavy atom. The van der Waals surface area contributed by atoms with E-state index < -0.39 is 9.84 Å². The first-order valence-corrected chi connectivity index (χ1v) is 8.84. The molecule has 0 spiro atoms. The molecule has 0 aliphatic carbocycles. The molecule has 0 aliphatic heterocycles. The number of sulfone groups is 1. The minimum Gasteiger partial charge on any atom is -0.380 e. The maximum Gasteiger partial charge on any atom is 0.192 e. The molecule has 0 atom stereocenters. The summed E-state index contributed by atoms with van der Waals surface area (Å²) in [6.45, 7) is 0.345. The van der Waals surface area contributed by atoms with Crippen molar-refractivity contribution in [1.82, 2.24) is 4.98 Å². The predicted octanol–water partition coefficient (Wildman–Crippen LogP) is 4.06. The molecule has 0 saturated carbocycles. The van der Waals surface area contributed by atoms with E-state index in [9.17, 15) is 8.42 Å². The van der Waals surface area contributed by atoms with Gasteiger partial charge in [-0.15, -0.1) is 0 Å². The monoisotopic (exact) mass is 364 g/mol. The summed E-state index contributed by atoms with van der Waals surface area (Å²) >= 11 is 18.1. The number of hydrogen-bond acceptors (Lipinski definition) is 4. The molecule has 0 unspecified atom stereocenters. The molecule has 0 amide bonds. The highest BCUT2D eigenvalue weighted by atomic mass is 35.5. The minimum absolute atomic E-state index is 0.0203. The van der Waals surface area contributed by atoms with Gasteiger partial charge in [0.05, 0.1) is 21.9 Å². The van der Waals surface area contributed by atoms with E-state index in [1.54, 1.807) is 18.2 Å². The van der Waals surface area contributed by atoms with Crippen LogP contribution in [0.4, 0.5) is 5.69 Å². The molecule has 1 N–H and O–H groups in total. The lowest BCUT2D eigenvalue weighted by Gasteiger charge is -2.11. The topological polar surface area (TPSA) is 59.1 Å². The van der Waals surface area contributed by atoms with Crippen molar-refractivity contribution < 1.29 is 8.42 Å². The van der Waals surface area contributed by atoms with Crippen LogP contribution in [0.5, 0.6) is 0 Å². The molecular weight excluding hydrogens is 355 g/mol. The van der Waals surface area contributed by atoms with E-state index >= 15 is 0 Å². The second-order valence-electron chi connectivity index (χ2n) is 4.33. The minimum atomic E-state index is -3.30. The van der Waals surface area contributed by atoms with Crippen LogP contribution >= 0.6 is 34.8 Å². The van der Waals surface area contributed by atoms with Crippen molar-refractivity contribution in [2.45, 2.75) is 11.6 Å². The molecule has 8 heteroatoms. The number of halogens is 3. The zero-order valence-electron chi connectivity index (χ0n) is 10.9. The second kappa shape index (κ2) is 6.40. The molecule has 2 aromatic rings. The molecular formula is C13H11Cl3N2O2S. The third kappa shape index (κ3) is 4.01. The number of pyridine rings is 1. The van der Waals surface area contributed by atoms with Gasteiger partial charge in [-0.1, -0.05) is 34.8 Å². The summed E-state index contributed by atoms with van der Waals surface area (Å²) in [4.78, 5) is 3.88. The average Bonchev–Trinajstić information content (AvgIpc) is 2.43. The van der Waals surface area contributed by atoms with Gasteiger partial charge in [-0.25, -0.2) is 13.4 Å². The van der Waals surface area contributed by atoms with Crippen molar-refractivity contribution in [1.29, 1.82) is 0 Å². The van der Waals surface area contributed by atoms with Gasteiger partial charge in [0.25, 0.3) is 0 Å². The number of nitrogens with zero attached hydrogens (tertiary/aromatic N) is 1. The molecule has 0 aliphatic rings. The smallest absolute Gasteiger partial charge is 0.192 e. The first kappa shape index (κ1) is 16.4. The molecule has 21 heavy (non-hydrogen) atoms. The van der Waals surface area contributed by atoms with Gasteiger partial charge in [0.2, 0.25) is 0 Å². The number of nitrogens with one attached hydrogen (secondary N) is 1. The lowest BCUT2D eigenvalue weighted by Crippen LogP contribution is -2.04. The Labute approximate surface area is 138 Å². The molecule has 1 aromatic heterocycles. The molecule has 4 nitrogen and oxygen atoms in total. The number of anilines is 1. The third-order valence-corrected chi connectivity index (χ3v) is 4.92. The van der Waals surface area contributed by atoms with Gasteiger partial charge >= 0.3 is 0 Å². The summed E-state index contributed by atoms with van der Waals surface area (Å²) in [6.07, 6.45) is 2.54. The van der Waals surface area contributed by atoms with Gasteiger partial charge in [0, 0.05) is 23.4 Å². The molecule has 112 valence electrons. The molecule has 1 aromatic carbocycles. The summed E-state index contributed by atoms with van der Waals surface area (Å²) in [5.41, 5.74) is 1.31. The van der Waals surface area contributed by atoms with Gasteiger partial charge in [-0.2, -0.15) is 0 Å². The first-order valence-electron chi connectivity index (χ1n) is 5.81. The fourth-order valence-corrected chi connectivity index (χ4v) is 2.87. The number of aromatic nitrogens is 1. The van der Waals surface area contributed by atoms with E-state index in [-0.39, 0.29) is 5.03 Å². The summed E-state index contributed by atoms with van der Waals surface area (Å²) < 4.78 is 22.6. The summed E-state index contributed by atoms with van der Waals surface area (Å²) in [5.74, 6) is 0. The highest BCUT2D eigenvalue weighted by molar-refractivity contribution is 7.90. The Balaban J connectivity index is 2.16.